The first-order valence-electron chi connectivity index (χ1n) is 10.3. The van der Waals surface area contributed by atoms with Gasteiger partial charge in [0.05, 0.1) is 13.7 Å². The molecule has 0 spiro atoms. The molecule has 166 valence electrons. The van der Waals surface area contributed by atoms with E-state index in [1.54, 1.807) is 24.8 Å². The minimum atomic E-state index is -0.528. The average Bonchev–Trinajstić information content (AvgIpc) is 3.18. The van der Waals surface area contributed by atoms with Gasteiger partial charge < -0.3 is 14.4 Å². The number of aromatic nitrogens is 4. The Hall–Kier alpha value is -3.64. The SMILES string of the molecule is COC1=C(c2nc3c(c(=O)n(CCCO)c(=O)n3C)n2CC2=C=C=C(F)C=C2)CCC=C1. The largest absolute Gasteiger partial charge is 0.496 e. The van der Waals surface area contributed by atoms with Crippen LogP contribution in [-0.2, 0) is 24.9 Å². The number of hydrogen-bond acceptors (Lipinski definition) is 5. The zero-order chi connectivity index (χ0) is 22.8. The van der Waals surface area contributed by atoms with Gasteiger partial charge in [-0.1, -0.05) is 11.8 Å². The first kappa shape index (κ1) is 21.6. The lowest BCUT2D eigenvalue weighted by molar-refractivity contribution is 0.277. The third-order valence-corrected chi connectivity index (χ3v) is 5.49. The molecule has 0 unspecified atom stereocenters. The fourth-order valence-electron chi connectivity index (χ4n) is 3.90. The number of methoxy groups -OCH3 is 1. The Morgan fingerprint density at radius 3 is 2.72 bits per heavy atom. The molecule has 0 fully saturated rings. The maximum Gasteiger partial charge on any atom is 0.332 e. The molecule has 4 rings (SSSR count). The zero-order valence-corrected chi connectivity index (χ0v) is 17.9. The molecule has 9 heteroatoms. The average molecular weight is 438 g/mol. The fraction of sp³-hybridized carbons (Fsp3) is 0.348. The molecule has 0 saturated carbocycles. The third-order valence-electron chi connectivity index (χ3n) is 5.49. The van der Waals surface area contributed by atoms with E-state index in [-0.39, 0.29) is 37.3 Å². The number of halogens is 1. The highest BCUT2D eigenvalue weighted by molar-refractivity contribution is 5.78. The fourth-order valence-corrected chi connectivity index (χ4v) is 3.90. The summed E-state index contributed by atoms with van der Waals surface area (Å²) in [6, 6.07) is 0. The number of aryl methyl sites for hydroxylation is 1. The molecule has 0 aliphatic heterocycles. The molecular weight excluding hydrogens is 415 g/mol. The highest BCUT2D eigenvalue weighted by Crippen LogP contribution is 2.30. The first-order chi connectivity index (χ1) is 15.5. The Kier molecular flexibility index (Phi) is 5.97. The van der Waals surface area contributed by atoms with Crippen molar-refractivity contribution in [2.45, 2.75) is 32.4 Å². The van der Waals surface area contributed by atoms with Crippen molar-refractivity contribution in [3.8, 4) is 0 Å². The van der Waals surface area contributed by atoms with Crippen LogP contribution in [0.2, 0.25) is 0 Å². The first-order valence-corrected chi connectivity index (χ1v) is 10.3. The number of allylic oxidation sites excluding steroid dienone is 7. The molecule has 0 saturated heterocycles. The van der Waals surface area contributed by atoms with Gasteiger partial charge in [-0.25, -0.2) is 9.78 Å². The van der Waals surface area contributed by atoms with Crippen molar-refractivity contribution in [1.29, 1.82) is 0 Å². The van der Waals surface area contributed by atoms with E-state index in [9.17, 15) is 19.1 Å². The van der Waals surface area contributed by atoms with Crippen LogP contribution in [0.1, 0.15) is 25.1 Å². The van der Waals surface area contributed by atoms with Gasteiger partial charge >= 0.3 is 5.69 Å². The van der Waals surface area contributed by atoms with Crippen LogP contribution in [0.25, 0.3) is 16.7 Å². The lowest BCUT2D eigenvalue weighted by Crippen LogP contribution is -2.40. The van der Waals surface area contributed by atoms with Crippen molar-refractivity contribution in [1.82, 2.24) is 18.7 Å². The molecule has 1 N–H and O–H groups in total. The predicted molar refractivity (Wildman–Crippen MR) is 118 cm³/mol. The van der Waals surface area contributed by atoms with Crippen molar-refractivity contribution in [3.05, 3.63) is 79.6 Å². The van der Waals surface area contributed by atoms with Crippen molar-refractivity contribution in [3.63, 3.8) is 0 Å². The molecule has 2 aliphatic carbocycles. The van der Waals surface area contributed by atoms with E-state index in [4.69, 9.17) is 4.74 Å². The molecule has 2 aliphatic rings. The van der Waals surface area contributed by atoms with Crippen LogP contribution in [0, 0.1) is 0 Å². The summed E-state index contributed by atoms with van der Waals surface area (Å²) in [6.45, 7) is 0.124. The number of ether oxygens (including phenoxy) is 1. The maximum atomic E-state index is 13.4. The molecule has 0 atom stereocenters. The number of imidazole rings is 1. The van der Waals surface area contributed by atoms with E-state index in [0.29, 0.717) is 23.6 Å². The van der Waals surface area contributed by atoms with Crippen molar-refractivity contribution in [2.24, 2.45) is 7.05 Å². The van der Waals surface area contributed by atoms with E-state index in [1.807, 2.05) is 12.2 Å². The minimum Gasteiger partial charge on any atom is -0.496 e. The quantitative estimate of drug-likeness (QED) is 0.669. The second kappa shape index (κ2) is 8.85. The Bertz CT molecular complexity index is 1400. The standard InChI is InChI=1S/C23H23FN4O4/c1-26-21-19(22(30)27(23(26)31)12-5-13-29)28(14-15-8-10-16(24)11-9-15)20(25-21)17-6-3-4-7-18(17)32-2/h4,7-8,10,29H,3,5-6,12-14H2,1-2H3. The summed E-state index contributed by atoms with van der Waals surface area (Å²) >= 11 is 0. The smallest absolute Gasteiger partial charge is 0.332 e. The van der Waals surface area contributed by atoms with Gasteiger partial charge in [-0.2, -0.15) is 4.39 Å². The molecule has 2 heterocycles. The Balaban J connectivity index is 2.05. The van der Waals surface area contributed by atoms with E-state index < -0.39 is 17.1 Å². The Morgan fingerprint density at radius 1 is 1.22 bits per heavy atom. The lowest BCUT2D eigenvalue weighted by Gasteiger charge is -2.16. The number of nitrogens with zero attached hydrogens (tertiary/aromatic N) is 4. The molecule has 32 heavy (non-hydrogen) atoms. The van der Waals surface area contributed by atoms with Gasteiger partial charge in [0, 0.05) is 31.3 Å². The molecule has 0 radical (unpaired) electrons. The molecule has 0 bridgehead atoms. The van der Waals surface area contributed by atoms with Gasteiger partial charge in [0.15, 0.2) is 17.0 Å². The summed E-state index contributed by atoms with van der Waals surface area (Å²) < 4.78 is 23.1. The van der Waals surface area contributed by atoms with Crippen molar-refractivity contribution in [2.75, 3.05) is 13.7 Å². The van der Waals surface area contributed by atoms with Crippen LogP contribution < -0.4 is 11.2 Å². The molecule has 0 amide bonds. The van der Waals surface area contributed by atoms with E-state index in [1.165, 1.54) is 10.6 Å². The van der Waals surface area contributed by atoms with Crippen LogP contribution in [0.15, 0.2) is 62.5 Å². The topological polar surface area (TPSA) is 91.3 Å². The predicted octanol–water partition coefficient (Wildman–Crippen LogP) is 2.09. The van der Waals surface area contributed by atoms with Crippen molar-refractivity contribution >= 4 is 16.7 Å². The Morgan fingerprint density at radius 2 is 2.03 bits per heavy atom. The number of fused-ring (bicyclic) bond motifs is 1. The van der Waals surface area contributed by atoms with Gasteiger partial charge in [-0.05, 0) is 43.2 Å². The van der Waals surface area contributed by atoms with Crippen LogP contribution in [0.3, 0.4) is 0 Å². The highest BCUT2D eigenvalue weighted by Gasteiger charge is 2.25. The van der Waals surface area contributed by atoms with E-state index in [0.717, 1.165) is 16.6 Å². The Labute approximate surface area is 182 Å². The minimum absolute atomic E-state index is 0.0870. The lowest BCUT2D eigenvalue weighted by atomic mass is 10.0. The summed E-state index contributed by atoms with van der Waals surface area (Å²) in [5.74, 6) is 0.610. The van der Waals surface area contributed by atoms with Gasteiger partial charge in [-0.15, -0.1) is 0 Å². The van der Waals surface area contributed by atoms with Gasteiger partial charge in [0.2, 0.25) is 0 Å². The summed E-state index contributed by atoms with van der Waals surface area (Å²) in [6.07, 6.45) is 8.40. The molecular formula is C23H23FN4O4. The number of hydrogen-bond donors (Lipinski definition) is 1. The zero-order valence-electron chi connectivity index (χ0n) is 17.9. The summed E-state index contributed by atoms with van der Waals surface area (Å²) in [5, 5.41) is 9.19. The summed E-state index contributed by atoms with van der Waals surface area (Å²) in [4.78, 5) is 30.9. The molecule has 0 aromatic carbocycles. The van der Waals surface area contributed by atoms with Crippen LogP contribution in [0.4, 0.5) is 4.39 Å². The molecule has 2 aromatic rings. The normalized spacial score (nSPS) is 15.5. The molecule has 2 aromatic heterocycles. The third kappa shape index (κ3) is 3.74. The second-order valence-corrected chi connectivity index (χ2v) is 7.51. The van der Waals surface area contributed by atoms with Gasteiger partial charge in [0.25, 0.3) is 5.56 Å². The second-order valence-electron chi connectivity index (χ2n) is 7.51. The monoisotopic (exact) mass is 438 g/mol. The van der Waals surface area contributed by atoms with Crippen LogP contribution >= 0.6 is 0 Å². The summed E-state index contributed by atoms with van der Waals surface area (Å²) in [7, 11) is 3.13. The van der Waals surface area contributed by atoms with Gasteiger partial charge in [0.1, 0.15) is 11.6 Å². The number of rotatable bonds is 7. The van der Waals surface area contributed by atoms with Crippen LogP contribution in [-0.4, -0.2) is 37.5 Å². The van der Waals surface area contributed by atoms with E-state index >= 15 is 0 Å². The maximum absolute atomic E-state index is 13.4. The highest BCUT2D eigenvalue weighted by atomic mass is 19.1. The summed E-state index contributed by atoms with van der Waals surface area (Å²) in [5.41, 5.74) is 6.10. The van der Waals surface area contributed by atoms with Gasteiger partial charge in [-0.3, -0.25) is 13.9 Å². The van der Waals surface area contributed by atoms with E-state index in [2.05, 4.69) is 16.4 Å². The van der Waals surface area contributed by atoms with Crippen molar-refractivity contribution < 1.29 is 14.2 Å². The number of aliphatic hydroxyl groups excluding tert-OH is 1. The number of aliphatic hydroxyl groups is 1. The van der Waals surface area contributed by atoms with Crippen LogP contribution in [0.5, 0.6) is 0 Å². The molecule has 8 nitrogen and oxygen atoms in total.